The molecule has 2 aromatic heterocycles. The number of ether oxygens (including phenoxy) is 2. The van der Waals surface area contributed by atoms with E-state index in [0.717, 1.165) is 33.2 Å². The van der Waals surface area contributed by atoms with E-state index < -0.39 is 0 Å². The number of fused-ring (bicyclic) bond motifs is 4. The van der Waals surface area contributed by atoms with Gasteiger partial charge in [-0.3, -0.25) is 4.79 Å². The standard InChI is InChI=1S/C22H17N3O3S/c1-11-6-12-4-2-3-5-16(12)25(11)22(26)20-19(23)14-7-13-8-17-18(28-10-27-17)9-15(13)24-21(14)29-20/h2-5,7-9,11H,6,10,23H2,1H3. The van der Waals surface area contributed by atoms with Gasteiger partial charge in [0.05, 0.1) is 11.2 Å². The van der Waals surface area contributed by atoms with Crippen molar-refractivity contribution in [2.24, 2.45) is 0 Å². The Balaban J connectivity index is 1.49. The average Bonchev–Trinajstić information content (AvgIpc) is 3.39. The Bertz CT molecular complexity index is 1330. The first-order valence-electron chi connectivity index (χ1n) is 9.44. The fourth-order valence-electron chi connectivity index (χ4n) is 4.23. The van der Waals surface area contributed by atoms with Crippen LogP contribution in [0.4, 0.5) is 11.4 Å². The van der Waals surface area contributed by atoms with Crippen molar-refractivity contribution < 1.29 is 14.3 Å². The highest BCUT2D eigenvalue weighted by Gasteiger charge is 2.33. The zero-order valence-electron chi connectivity index (χ0n) is 15.6. The number of benzene rings is 2. The van der Waals surface area contributed by atoms with Gasteiger partial charge in [-0.25, -0.2) is 4.98 Å². The number of hydrogen-bond acceptors (Lipinski definition) is 6. The number of carbonyl (C=O) groups is 1. The first-order chi connectivity index (χ1) is 14.1. The second kappa shape index (κ2) is 5.84. The lowest BCUT2D eigenvalue weighted by atomic mass is 10.1. The second-order valence-corrected chi connectivity index (χ2v) is 8.44. The Morgan fingerprint density at radius 3 is 2.86 bits per heavy atom. The largest absolute Gasteiger partial charge is 0.454 e. The fraction of sp³-hybridized carbons (Fsp3) is 0.182. The monoisotopic (exact) mass is 403 g/mol. The quantitative estimate of drug-likeness (QED) is 0.511. The highest BCUT2D eigenvalue weighted by Crippen LogP contribution is 2.41. The van der Waals surface area contributed by atoms with Crippen molar-refractivity contribution in [3.63, 3.8) is 0 Å². The third-order valence-electron chi connectivity index (χ3n) is 5.63. The molecule has 2 N–H and O–H groups in total. The van der Waals surface area contributed by atoms with Crippen LogP contribution >= 0.6 is 11.3 Å². The van der Waals surface area contributed by atoms with Crippen LogP contribution in [0.3, 0.4) is 0 Å². The Hall–Kier alpha value is -3.32. The van der Waals surface area contributed by atoms with Crippen LogP contribution in [0, 0.1) is 0 Å². The molecule has 0 saturated heterocycles. The van der Waals surface area contributed by atoms with Crippen LogP contribution in [0.15, 0.2) is 42.5 Å². The van der Waals surface area contributed by atoms with Crippen molar-refractivity contribution in [1.82, 2.24) is 4.98 Å². The molecular formula is C22H17N3O3S. The third-order valence-corrected chi connectivity index (χ3v) is 6.73. The Labute approximate surface area is 170 Å². The summed E-state index contributed by atoms with van der Waals surface area (Å²) >= 11 is 1.34. The van der Waals surface area contributed by atoms with Crippen molar-refractivity contribution in [2.45, 2.75) is 19.4 Å². The van der Waals surface area contributed by atoms with Gasteiger partial charge in [-0.05, 0) is 37.1 Å². The first kappa shape index (κ1) is 16.6. The molecule has 0 fully saturated rings. The van der Waals surface area contributed by atoms with Gasteiger partial charge in [0, 0.05) is 28.6 Å². The van der Waals surface area contributed by atoms with Gasteiger partial charge in [-0.2, -0.15) is 0 Å². The molecule has 6 rings (SSSR count). The van der Waals surface area contributed by atoms with Gasteiger partial charge < -0.3 is 20.1 Å². The summed E-state index contributed by atoms with van der Waals surface area (Å²) in [5, 5.41) is 1.70. The number of amides is 1. The zero-order chi connectivity index (χ0) is 19.7. The van der Waals surface area contributed by atoms with Crippen LogP contribution in [-0.4, -0.2) is 23.7 Å². The van der Waals surface area contributed by atoms with E-state index in [4.69, 9.17) is 20.2 Å². The number of aromatic nitrogens is 1. The molecule has 0 aliphatic carbocycles. The number of pyridine rings is 1. The maximum absolute atomic E-state index is 13.5. The van der Waals surface area contributed by atoms with Crippen molar-refractivity contribution in [1.29, 1.82) is 0 Å². The molecule has 2 aliphatic rings. The molecule has 4 aromatic rings. The molecular weight excluding hydrogens is 386 g/mol. The van der Waals surface area contributed by atoms with E-state index in [-0.39, 0.29) is 18.7 Å². The predicted molar refractivity (Wildman–Crippen MR) is 114 cm³/mol. The molecule has 6 nitrogen and oxygen atoms in total. The van der Waals surface area contributed by atoms with Gasteiger partial charge in [0.1, 0.15) is 9.71 Å². The molecule has 4 heterocycles. The number of nitrogens with zero attached hydrogens (tertiary/aromatic N) is 2. The number of nitrogens with two attached hydrogens (primary N) is 1. The molecule has 0 spiro atoms. The number of anilines is 2. The van der Waals surface area contributed by atoms with Crippen LogP contribution in [0.2, 0.25) is 0 Å². The Morgan fingerprint density at radius 2 is 2.00 bits per heavy atom. The minimum atomic E-state index is -0.0684. The van der Waals surface area contributed by atoms with Gasteiger partial charge in [0.2, 0.25) is 6.79 Å². The molecule has 2 aliphatic heterocycles. The zero-order valence-corrected chi connectivity index (χ0v) is 16.5. The van der Waals surface area contributed by atoms with Gasteiger partial charge in [-0.1, -0.05) is 18.2 Å². The minimum absolute atomic E-state index is 0.0684. The SMILES string of the molecule is CC1Cc2ccccc2N1C(=O)c1sc2nc3cc4c(cc3cc2c1N)OCO4. The summed E-state index contributed by atoms with van der Waals surface area (Å²) in [6, 6.07) is 13.9. The Morgan fingerprint density at radius 1 is 1.21 bits per heavy atom. The van der Waals surface area contributed by atoms with E-state index in [2.05, 4.69) is 13.0 Å². The van der Waals surface area contributed by atoms with Crippen molar-refractivity contribution in [3.8, 4) is 11.5 Å². The topological polar surface area (TPSA) is 77.7 Å². The number of hydrogen-bond donors (Lipinski definition) is 1. The predicted octanol–water partition coefficient (Wildman–Crippen LogP) is 4.35. The van der Waals surface area contributed by atoms with Gasteiger partial charge in [0.15, 0.2) is 11.5 Å². The van der Waals surface area contributed by atoms with Crippen molar-refractivity contribution in [3.05, 3.63) is 52.9 Å². The smallest absolute Gasteiger partial charge is 0.270 e. The van der Waals surface area contributed by atoms with Crippen molar-refractivity contribution in [2.75, 3.05) is 17.4 Å². The highest BCUT2D eigenvalue weighted by molar-refractivity contribution is 7.21. The summed E-state index contributed by atoms with van der Waals surface area (Å²) in [6.07, 6.45) is 0.848. The van der Waals surface area contributed by atoms with Crippen molar-refractivity contribution >= 4 is 49.7 Å². The van der Waals surface area contributed by atoms with Crippen LogP contribution in [0.1, 0.15) is 22.2 Å². The van der Waals surface area contributed by atoms with E-state index in [1.54, 1.807) is 0 Å². The molecule has 0 radical (unpaired) electrons. The van der Waals surface area contributed by atoms with Gasteiger partial charge in [0.25, 0.3) is 5.91 Å². The molecule has 29 heavy (non-hydrogen) atoms. The van der Waals surface area contributed by atoms with Crippen LogP contribution in [-0.2, 0) is 6.42 Å². The molecule has 0 bridgehead atoms. The molecule has 0 saturated carbocycles. The summed E-state index contributed by atoms with van der Waals surface area (Å²) in [6.45, 7) is 2.28. The number of thiophene rings is 1. The summed E-state index contributed by atoms with van der Waals surface area (Å²) in [5.41, 5.74) is 9.87. The first-order valence-corrected chi connectivity index (χ1v) is 10.3. The summed E-state index contributed by atoms with van der Waals surface area (Å²) in [7, 11) is 0. The number of rotatable bonds is 1. The van der Waals surface area contributed by atoms with Crippen LogP contribution in [0.5, 0.6) is 11.5 Å². The third kappa shape index (κ3) is 2.34. The lowest BCUT2D eigenvalue weighted by Crippen LogP contribution is -2.35. The van der Waals surface area contributed by atoms with Gasteiger partial charge >= 0.3 is 0 Å². The van der Waals surface area contributed by atoms with Gasteiger partial charge in [-0.15, -0.1) is 11.3 Å². The summed E-state index contributed by atoms with van der Waals surface area (Å²) < 4.78 is 10.9. The van der Waals surface area contributed by atoms with E-state index in [1.165, 1.54) is 16.9 Å². The molecule has 7 heteroatoms. The maximum Gasteiger partial charge on any atom is 0.270 e. The number of para-hydroxylation sites is 1. The molecule has 1 amide bonds. The van der Waals surface area contributed by atoms with Crippen LogP contribution < -0.4 is 20.1 Å². The van der Waals surface area contributed by atoms with E-state index >= 15 is 0 Å². The lowest BCUT2D eigenvalue weighted by Gasteiger charge is -2.22. The average molecular weight is 403 g/mol. The van der Waals surface area contributed by atoms with E-state index in [0.29, 0.717) is 22.1 Å². The number of nitrogen functional groups attached to an aromatic ring is 1. The fourth-order valence-corrected chi connectivity index (χ4v) is 5.26. The highest BCUT2D eigenvalue weighted by atomic mass is 32.1. The Kier molecular flexibility index (Phi) is 3.35. The van der Waals surface area contributed by atoms with E-state index in [9.17, 15) is 4.79 Å². The molecule has 1 unspecified atom stereocenters. The maximum atomic E-state index is 13.5. The molecule has 2 aromatic carbocycles. The summed E-state index contributed by atoms with van der Waals surface area (Å²) in [5.74, 6) is 1.32. The normalized spacial score (nSPS) is 17.3. The lowest BCUT2D eigenvalue weighted by molar-refractivity contribution is 0.0986. The summed E-state index contributed by atoms with van der Waals surface area (Å²) in [4.78, 5) is 21.3. The number of carbonyl (C=O) groups excluding carboxylic acids is 1. The molecule has 144 valence electrons. The van der Waals surface area contributed by atoms with Crippen LogP contribution in [0.25, 0.3) is 21.1 Å². The molecule has 1 atom stereocenters. The second-order valence-electron chi connectivity index (χ2n) is 7.44. The van der Waals surface area contributed by atoms with E-state index in [1.807, 2.05) is 41.3 Å². The minimum Gasteiger partial charge on any atom is -0.454 e.